The summed E-state index contributed by atoms with van der Waals surface area (Å²) in [6.45, 7) is 5.52. The van der Waals surface area contributed by atoms with E-state index in [-0.39, 0.29) is 5.78 Å². The van der Waals surface area contributed by atoms with Crippen molar-refractivity contribution in [2.24, 2.45) is 0 Å². The summed E-state index contributed by atoms with van der Waals surface area (Å²) in [5.74, 6) is 0.0903. The maximum atomic E-state index is 10.3. The molecule has 0 unspecified atom stereocenters. The summed E-state index contributed by atoms with van der Waals surface area (Å²) in [6.07, 6.45) is 5.21. The lowest BCUT2D eigenvalue weighted by Crippen LogP contribution is -1.77. The molecule has 0 aromatic rings. The molecule has 0 rings (SSSR count). The molecule has 0 aliphatic rings. The van der Waals surface area contributed by atoms with E-state index >= 15 is 0 Å². The number of ketones is 1. The summed E-state index contributed by atoms with van der Waals surface area (Å²) in [6, 6.07) is 0. The second kappa shape index (κ2) is 4.07. The molecule has 1 heteroatoms. The zero-order valence-corrected chi connectivity index (χ0v) is 6.14. The standard InChI is InChI=1S/C8H12O/c1-7(2)5-4-6-8(3)9/h4-6H,1-3H3/b6-4-. The molecule has 0 saturated carbocycles. The lowest BCUT2D eigenvalue weighted by Gasteiger charge is -1.80. The molecule has 0 aromatic carbocycles. The van der Waals surface area contributed by atoms with Gasteiger partial charge in [0.1, 0.15) is 0 Å². The smallest absolute Gasteiger partial charge is 0.152 e. The van der Waals surface area contributed by atoms with E-state index < -0.39 is 0 Å². The maximum Gasteiger partial charge on any atom is 0.152 e. The molecular formula is C8H12O. The maximum absolute atomic E-state index is 10.3. The number of hydrogen-bond acceptors (Lipinski definition) is 1. The van der Waals surface area contributed by atoms with Crippen molar-refractivity contribution < 1.29 is 4.79 Å². The van der Waals surface area contributed by atoms with Crippen molar-refractivity contribution >= 4 is 5.78 Å². The summed E-state index contributed by atoms with van der Waals surface area (Å²) in [5, 5.41) is 0. The van der Waals surface area contributed by atoms with Gasteiger partial charge in [0.2, 0.25) is 0 Å². The third kappa shape index (κ3) is 7.15. The summed E-state index contributed by atoms with van der Waals surface area (Å²) < 4.78 is 0. The van der Waals surface area contributed by atoms with E-state index in [2.05, 4.69) is 0 Å². The third-order valence-corrected chi connectivity index (χ3v) is 0.760. The molecule has 0 fully saturated rings. The molecule has 1 nitrogen and oxygen atoms in total. The van der Waals surface area contributed by atoms with Crippen LogP contribution in [0.3, 0.4) is 0 Å². The molecule has 0 N–H and O–H groups in total. The van der Waals surface area contributed by atoms with Crippen molar-refractivity contribution in [1.29, 1.82) is 0 Å². The van der Waals surface area contributed by atoms with Gasteiger partial charge < -0.3 is 0 Å². The predicted molar refractivity (Wildman–Crippen MR) is 39.3 cm³/mol. The molecule has 0 radical (unpaired) electrons. The Hall–Kier alpha value is -0.850. The van der Waals surface area contributed by atoms with Gasteiger partial charge >= 0.3 is 0 Å². The van der Waals surface area contributed by atoms with Crippen molar-refractivity contribution in [2.45, 2.75) is 20.8 Å². The average Bonchev–Trinajstić information content (AvgIpc) is 1.63. The quantitative estimate of drug-likeness (QED) is 0.407. The fourth-order valence-electron chi connectivity index (χ4n) is 0.376. The third-order valence-electron chi connectivity index (χ3n) is 0.760. The van der Waals surface area contributed by atoms with Gasteiger partial charge in [0.05, 0.1) is 0 Å². The number of carbonyl (C=O) groups is 1. The van der Waals surface area contributed by atoms with E-state index in [0.29, 0.717) is 0 Å². The van der Waals surface area contributed by atoms with Crippen LogP contribution in [0.2, 0.25) is 0 Å². The summed E-state index contributed by atoms with van der Waals surface area (Å²) in [4.78, 5) is 10.3. The SMILES string of the molecule is CC(=O)/C=C\C=C(C)C. The Morgan fingerprint density at radius 3 is 2.11 bits per heavy atom. The molecule has 50 valence electrons. The lowest BCUT2D eigenvalue weighted by molar-refractivity contribution is -0.112. The van der Waals surface area contributed by atoms with Crippen molar-refractivity contribution in [3.8, 4) is 0 Å². The minimum atomic E-state index is 0.0903. The first kappa shape index (κ1) is 8.15. The molecule has 0 amide bonds. The molecule has 0 spiro atoms. The molecule has 0 aromatic heterocycles. The van der Waals surface area contributed by atoms with E-state index in [1.54, 1.807) is 12.2 Å². The van der Waals surface area contributed by atoms with Gasteiger partial charge in [0, 0.05) is 0 Å². The Morgan fingerprint density at radius 1 is 1.22 bits per heavy atom. The highest BCUT2D eigenvalue weighted by Gasteiger charge is 1.77. The molecule has 9 heavy (non-hydrogen) atoms. The Balaban J connectivity index is 3.74. The van der Waals surface area contributed by atoms with Gasteiger partial charge in [-0.1, -0.05) is 17.7 Å². The van der Waals surface area contributed by atoms with Gasteiger partial charge in [-0.25, -0.2) is 0 Å². The van der Waals surface area contributed by atoms with E-state index in [1.165, 1.54) is 12.5 Å². The lowest BCUT2D eigenvalue weighted by atomic mass is 10.3. The van der Waals surface area contributed by atoms with Gasteiger partial charge in [0.15, 0.2) is 5.78 Å². The van der Waals surface area contributed by atoms with Crippen LogP contribution in [-0.4, -0.2) is 5.78 Å². The zero-order chi connectivity index (χ0) is 7.28. The van der Waals surface area contributed by atoms with Crippen LogP contribution in [0.5, 0.6) is 0 Å². The van der Waals surface area contributed by atoms with E-state index in [9.17, 15) is 4.79 Å². The van der Waals surface area contributed by atoms with Gasteiger partial charge in [-0.3, -0.25) is 4.79 Å². The van der Waals surface area contributed by atoms with Crippen LogP contribution >= 0.6 is 0 Å². The Kier molecular flexibility index (Phi) is 3.69. The number of carbonyl (C=O) groups excluding carboxylic acids is 1. The van der Waals surface area contributed by atoms with Gasteiger partial charge in [0.25, 0.3) is 0 Å². The monoisotopic (exact) mass is 124 g/mol. The van der Waals surface area contributed by atoms with Gasteiger partial charge in [-0.05, 0) is 26.8 Å². The van der Waals surface area contributed by atoms with Crippen LogP contribution < -0.4 is 0 Å². The van der Waals surface area contributed by atoms with E-state index in [0.717, 1.165) is 0 Å². The predicted octanol–water partition coefficient (Wildman–Crippen LogP) is 2.10. The fraction of sp³-hybridized carbons (Fsp3) is 0.375. The van der Waals surface area contributed by atoms with Crippen molar-refractivity contribution in [2.75, 3.05) is 0 Å². The highest BCUT2D eigenvalue weighted by Crippen LogP contribution is 1.88. The number of rotatable bonds is 2. The average molecular weight is 124 g/mol. The van der Waals surface area contributed by atoms with Crippen LogP contribution in [0, 0.1) is 0 Å². The fourth-order valence-corrected chi connectivity index (χ4v) is 0.376. The Morgan fingerprint density at radius 2 is 1.78 bits per heavy atom. The normalized spacial score (nSPS) is 9.67. The van der Waals surface area contributed by atoms with Crippen LogP contribution in [0.15, 0.2) is 23.8 Å². The Labute approximate surface area is 56.1 Å². The molecule has 0 heterocycles. The topological polar surface area (TPSA) is 17.1 Å². The van der Waals surface area contributed by atoms with E-state index in [4.69, 9.17) is 0 Å². The first-order valence-corrected chi connectivity index (χ1v) is 2.95. The van der Waals surface area contributed by atoms with Crippen molar-refractivity contribution in [3.63, 3.8) is 0 Å². The second-order valence-corrected chi connectivity index (χ2v) is 2.21. The van der Waals surface area contributed by atoms with E-state index in [1.807, 2.05) is 19.9 Å². The summed E-state index contributed by atoms with van der Waals surface area (Å²) >= 11 is 0. The first-order valence-electron chi connectivity index (χ1n) is 2.95. The molecule has 0 atom stereocenters. The number of hydrogen-bond donors (Lipinski definition) is 0. The molecule has 0 bridgehead atoms. The largest absolute Gasteiger partial charge is 0.295 e. The number of allylic oxidation sites excluding steroid dienone is 4. The molecule has 0 aliphatic carbocycles. The highest BCUT2D eigenvalue weighted by molar-refractivity contribution is 5.87. The van der Waals surface area contributed by atoms with Crippen molar-refractivity contribution in [3.05, 3.63) is 23.8 Å². The molecular weight excluding hydrogens is 112 g/mol. The Bertz CT molecular complexity index is 148. The highest BCUT2D eigenvalue weighted by atomic mass is 16.1. The van der Waals surface area contributed by atoms with Gasteiger partial charge in [-0.15, -0.1) is 0 Å². The second-order valence-electron chi connectivity index (χ2n) is 2.21. The minimum Gasteiger partial charge on any atom is -0.295 e. The zero-order valence-electron chi connectivity index (χ0n) is 6.14. The minimum absolute atomic E-state index is 0.0903. The van der Waals surface area contributed by atoms with Crippen LogP contribution in [-0.2, 0) is 4.79 Å². The molecule has 0 saturated heterocycles. The summed E-state index contributed by atoms with van der Waals surface area (Å²) in [7, 11) is 0. The van der Waals surface area contributed by atoms with Gasteiger partial charge in [-0.2, -0.15) is 0 Å². The van der Waals surface area contributed by atoms with Crippen molar-refractivity contribution in [1.82, 2.24) is 0 Å². The van der Waals surface area contributed by atoms with Crippen LogP contribution in [0.25, 0.3) is 0 Å². The molecule has 0 aliphatic heterocycles. The van der Waals surface area contributed by atoms with Crippen LogP contribution in [0.1, 0.15) is 20.8 Å². The van der Waals surface area contributed by atoms with Crippen LogP contribution in [0.4, 0.5) is 0 Å². The summed E-state index contributed by atoms with van der Waals surface area (Å²) in [5.41, 5.74) is 1.20. The first-order chi connectivity index (χ1) is 4.13.